The number of ether oxygens (including phenoxy) is 4. The van der Waals surface area contributed by atoms with Gasteiger partial charge >= 0.3 is 11.9 Å². The van der Waals surface area contributed by atoms with E-state index in [1.54, 1.807) is 7.11 Å². The number of hydrogen-bond acceptors (Lipinski definition) is 8. The predicted molar refractivity (Wildman–Crippen MR) is 116 cm³/mol. The van der Waals surface area contributed by atoms with Gasteiger partial charge in [-0.05, 0) is 32.3 Å². The minimum atomic E-state index is -0.389. The third-order valence-electron chi connectivity index (χ3n) is 5.87. The Morgan fingerprint density at radius 2 is 2.00 bits per heavy atom. The lowest BCUT2D eigenvalue weighted by atomic mass is 9.94. The van der Waals surface area contributed by atoms with Gasteiger partial charge in [0.1, 0.15) is 19.0 Å². The van der Waals surface area contributed by atoms with Crippen molar-refractivity contribution in [3.63, 3.8) is 0 Å². The first-order chi connectivity index (χ1) is 14.9. The zero-order chi connectivity index (χ0) is 22.4. The molecule has 2 heterocycles. The number of nitrogens with zero attached hydrogens (tertiary/aromatic N) is 1. The van der Waals surface area contributed by atoms with E-state index in [2.05, 4.69) is 4.90 Å². The second kappa shape index (κ2) is 10.6. The van der Waals surface area contributed by atoms with Crippen LogP contribution < -0.4 is 10.5 Å². The van der Waals surface area contributed by atoms with E-state index in [-0.39, 0.29) is 18.5 Å². The van der Waals surface area contributed by atoms with Gasteiger partial charge in [-0.1, -0.05) is 11.6 Å². The number of nitrogens with two attached hydrogens (primary N) is 1. The van der Waals surface area contributed by atoms with E-state index < -0.39 is 0 Å². The molecule has 0 saturated carbocycles. The van der Waals surface area contributed by atoms with Crippen molar-refractivity contribution < 1.29 is 28.5 Å². The number of cyclic esters (lactones) is 1. The van der Waals surface area contributed by atoms with Gasteiger partial charge in [-0.15, -0.1) is 0 Å². The molecular formula is C23H32N2O6. The van der Waals surface area contributed by atoms with Gasteiger partial charge in [0, 0.05) is 37.2 Å². The van der Waals surface area contributed by atoms with E-state index in [1.165, 1.54) is 0 Å². The number of carbonyl (C=O) groups is 2. The largest absolute Gasteiger partial charge is 0.496 e. The lowest BCUT2D eigenvalue weighted by molar-refractivity contribution is -0.144. The highest BCUT2D eigenvalue weighted by atomic mass is 16.5. The lowest BCUT2D eigenvalue weighted by Gasteiger charge is -2.26. The van der Waals surface area contributed by atoms with Crippen LogP contribution in [0, 0.1) is 6.92 Å². The number of allylic oxidation sites excluding steroid dienone is 2. The summed E-state index contributed by atoms with van der Waals surface area (Å²) in [4.78, 5) is 26.3. The highest BCUT2D eigenvalue weighted by Crippen LogP contribution is 2.39. The molecule has 1 saturated heterocycles. The molecule has 2 N–H and O–H groups in total. The van der Waals surface area contributed by atoms with Gasteiger partial charge in [0.15, 0.2) is 0 Å². The Morgan fingerprint density at radius 3 is 2.71 bits per heavy atom. The second-order valence-electron chi connectivity index (χ2n) is 7.91. The molecule has 1 aromatic carbocycles. The molecule has 8 heteroatoms. The molecule has 0 aliphatic carbocycles. The van der Waals surface area contributed by atoms with Gasteiger partial charge in [-0.2, -0.15) is 0 Å². The maximum Gasteiger partial charge on any atom is 0.341 e. The summed E-state index contributed by atoms with van der Waals surface area (Å²) in [6.07, 6.45) is 3.45. The Labute approximate surface area is 183 Å². The molecule has 0 spiro atoms. The number of anilines is 1. The summed E-state index contributed by atoms with van der Waals surface area (Å²) >= 11 is 0. The molecule has 1 fully saturated rings. The second-order valence-corrected chi connectivity index (χ2v) is 7.91. The predicted octanol–water partition coefficient (Wildman–Crippen LogP) is 2.40. The minimum absolute atomic E-state index is 0.200. The fourth-order valence-corrected chi connectivity index (χ4v) is 3.95. The quantitative estimate of drug-likeness (QED) is 0.361. The molecule has 0 atom stereocenters. The van der Waals surface area contributed by atoms with Crippen molar-refractivity contribution in [3.05, 3.63) is 33.9 Å². The summed E-state index contributed by atoms with van der Waals surface area (Å²) in [7, 11) is 1.60. The van der Waals surface area contributed by atoms with Crippen LogP contribution >= 0.6 is 0 Å². The highest BCUT2D eigenvalue weighted by molar-refractivity contribution is 6.00. The van der Waals surface area contributed by atoms with Crippen LogP contribution in [0.15, 0.2) is 11.6 Å². The van der Waals surface area contributed by atoms with Crippen LogP contribution in [0.5, 0.6) is 5.75 Å². The number of rotatable bonds is 9. The van der Waals surface area contributed by atoms with Crippen LogP contribution in [0.3, 0.4) is 0 Å². The Morgan fingerprint density at radius 1 is 1.26 bits per heavy atom. The molecular weight excluding hydrogens is 400 g/mol. The number of nitrogen functional groups attached to an aromatic ring is 1. The summed E-state index contributed by atoms with van der Waals surface area (Å²) in [5.41, 5.74) is 10.6. The van der Waals surface area contributed by atoms with Crippen molar-refractivity contribution in [1.82, 2.24) is 4.90 Å². The zero-order valence-electron chi connectivity index (χ0n) is 18.6. The van der Waals surface area contributed by atoms with E-state index in [0.29, 0.717) is 42.9 Å². The zero-order valence-corrected chi connectivity index (χ0v) is 18.6. The maximum atomic E-state index is 12.1. The number of fused-ring (bicyclic) bond motifs is 1. The SMILES string of the molecule is COc1c(C)c2c(c(N)c1C/C=C(\C)CCC(=O)OCCN1CCOCC1)C(=O)OC2. The summed E-state index contributed by atoms with van der Waals surface area (Å²) in [5, 5.41) is 0. The number of hydrogen-bond donors (Lipinski definition) is 1. The van der Waals surface area contributed by atoms with E-state index in [9.17, 15) is 9.59 Å². The molecule has 0 bridgehead atoms. The monoisotopic (exact) mass is 432 g/mol. The van der Waals surface area contributed by atoms with Crippen LogP contribution in [0.25, 0.3) is 0 Å². The fourth-order valence-electron chi connectivity index (χ4n) is 3.95. The number of carbonyl (C=O) groups excluding carboxylic acids is 2. The molecule has 0 radical (unpaired) electrons. The fraction of sp³-hybridized carbons (Fsp3) is 0.565. The van der Waals surface area contributed by atoms with Crippen molar-refractivity contribution >= 4 is 17.6 Å². The molecule has 3 rings (SSSR count). The molecule has 0 amide bonds. The Hall–Kier alpha value is -2.58. The number of esters is 2. The van der Waals surface area contributed by atoms with Crippen molar-refractivity contribution in [3.8, 4) is 5.75 Å². The summed E-state index contributed by atoms with van der Waals surface area (Å²) in [5.74, 6) is 0.0929. The van der Waals surface area contributed by atoms with Crippen LogP contribution in [0.2, 0.25) is 0 Å². The van der Waals surface area contributed by atoms with Gasteiger partial charge in [-0.3, -0.25) is 9.69 Å². The molecule has 2 aliphatic rings. The number of benzene rings is 1. The standard InChI is InChI=1S/C23H32N2O6/c1-15(5-7-19(26)30-13-10-25-8-11-29-12-9-25)4-6-17-21(24)20-18(14-31-23(20)27)16(2)22(17)28-3/h4H,5-14,24H2,1-3H3/b15-4+. The van der Waals surface area contributed by atoms with Gasteiger partial charge in [0.25, 0.3) is 0 Å². The van der Waals surface area contributed by atoms with Crippen LogP contribution in [-0.2, 0) is 32.0 Å². The molecule has 8 nitrogen and oxygen atoms in total. The topological polar surface area (TPSA) is 100 Å². The number of morpholine rings is 1. The van der Waals surface area contributed by atoms with Crippen molar-refractivity contribution in [1.29, 1.82) is 0 Å². The lowest BCUT2D eigenvalue weighted by Crippen LogP contribution is -2.38. The molecule has 1 aromatic rings. The molecule has 31 heavy (non-hydrogen) atoms. The minimum Gasteiger partial charge on any atom is -0.496 e. The molecule has 0 aromatic heterocycles. The smallest absolute Gasteiger partial charge is 0.341 e. The summed E-state index contributed by atoms with van der Waals surface area (Å²) < 4.78 is 21.4. The maximum absolute atomic E-state index is 12.1. The third-order valence-corrected chi connectivity index (χ3v) is 5.87. The molecule has 2 aliphatic heterocycles. The average Bonchev–Trinajstić information content (AvgIpc) is 3.16. The van der Waals surface area contributed by atoms with E-state index in [4.69, 9.17) is 24.7 Å². The number of methoxy groups -OCH3 is 1. The van der Waals surface area contributed by atoms with Gasteiger partial charge in [-0.25, -0.2) is 4.79 Å². The van der Waals surface area contributed by atoms with Gasteiger partial charge in [0.2, 0.25) is 0 Å². The first-order valence-electron chi connectivity index (χ1n) is 10.7. The Kier molecular flexibility index (Phi) is 7.92. The van der Waals surface area contributed by atoms with Crippen LogP contribution in [-0.4, -0.2) is 63.4 Å². The van der Waals surface area contributed by atoms with E-state index in [1.807, 2.05) is 19.9 Å². The normalized spacial score (nSPS) is 16.7. The van der Waals surface area contributed by atoms with E-state index in [0.717, 1.165) is 55.1 Å². The average molecular weight is 433 g/mol. The van der Waals surface area contributed by atoms with Crippen molar-refractivity contribution in [2.75, 3.05) is 52.3 Å². The Balaban J connectivity index is 1.53. The Bertz CT molecular complexity index is 858. The summed E-state index contributed by atoms with van der Waals surface area (Å²) in [6, 6.07) is 0. The van der Waals surface area contributed by atoms with Crippen molar-refractivity contribution in [2.24, 2.45) is 0 Å². The van der Waals surface area contributed by atoms with Crippen LogP contribution in [0.4, 0.5) is 5.69 Å². The van der Waals surface area contributed by atoms with Crippen molar-refractivity contribution in [2.45, 2.75) is 39.7 Å². The molecule has 170 valence electrons. The van der Waals surface area contributed by atoms with E-state index >= 15 is 0 Å². The van der Waals surface area contributed by atoms with Crippen LogP contribution in [0.1, 0.15) is 46.8 Å². The first kappa shape index (κ1) is 23.1. The molecule has 0 unspecified atom stereocenters. The highest BCUT2D eigenvalue weighted by Gasteiger charge is 2.30. The summed E-state index contributed by atoms with van der Waals surface area (Å²) in [6.45, 7) is 8.48. The first-order valence-corrected chi connectivity index (χ1v) is 10.7. The van der Waals surface area contributed by atoms with Gasteiger partial charge in [0.05, 0.1) is 31.6 Å². The third kappa shape index (κ3) is 5.57. The van der Waals surface area contributed by atoms with Gasteiger partial charge < -0.3 is 24.7 Å².